The van der Waals surface area contributed by atoms with Crippen LogP contribution in [-0.4, -0.2) is 25.0 Å². The van der Waals surface area contributed by atoms with Gasteiger partial charge in [0.05, 0.1) is 0 Å². The molecule has 0 aliphatic rings. The Hall–Kier alpha value is -0.830. The zero-order chi connectivity index (χ0) is 10.8. The van der Waals surface area contributed by atoms with Gasteiger partial charge >= 0.3 is 0 Å². The summed E-state index contributed by atoms with van der Waals surface area (Å²) in [7, 11) is 0. The van der Waals surface area contributed by atoms with E-state index in [1.165, 1.54) is 0 Å². The van der Waals surface area contributed by atoms with E-state index in [2.05, 4.69) is 31.1 Å². The summed E-state index contributed by atoms with van der Waals surface area (Å²) in [6, 6.07) is 0.499. The molecule has 3 heteroatoms. The Balaban J connectivity index is 3.22. The van der Waals surface area contributed by atoms with Crippen molar-refractivity contribution in [1.29, 1.82) is 0 Å². The maximum absolute atomic E-state index is 11.2. The Morgan fingerprint density at radius 2 is 2.14 bits per heavy atom. The molecule has 0 unspecified atom stereocenters. The average Bonchev–Trinajstić information content (AvgIpc) is 2.13. The molecule has 2 N–H and O–H groups in total. The van der Waals surface area contributed by atoms with Crippen LogP contribution in [0.25, 0.3) is 0 Å². The number of carbonyl (C=O) groups excluding carboxylic acids is 1. The molecule has 0 saturated carbocycles. The van der Waals surface area contributed by atoms with Gasteiger partial charge in [-0.05, 0) is 19.4 Å². The SMILES string of the molecule is C=CCCNC(=O)CCCNC(C)C. The largest absolute Gasteiger partial charge is 0.356 e. The van der Waals surface area contributed by atoms with Gasteiger partial charge in [0.2, 0.25) is 5.91 Å². The minimum atomic E-state index is 0.136. The van der Waals surface area contributed by atoms with Crippen LogP contribution in [0, 0.1) is 0 Å². The molecular weight excluding hydrogens is 176 g/mol. The smallest absolute Gasteiger partial charge is 0.220 e. The van der Waals surface area contributed by atoms with Crippen LogP contribution >= 0.6 is 0 Å². The molecule has 0 radical (unpaired) electrons. The summed E-state index contributed by atoms with van der Waals surface area (Å²) in [5.74, 6) is 0.136. The van der Waals surface area contributed by atoms with Gasteiger partial charge in [0.1, 0.15) is 0 Å². The lowest BCUT2D eigenvalue weighted by Gasteiger charge is -2.07. The second-order valence-corrected chi connectivity index (χ2v) is 3.64. The number of carbonyl (C=O) groups is 1. The third-order valence-electron chi connectivity index (χ3n) is 1.80. The third kappa shape index (κ3) is 9.26. The molecule has 0 rings (SSSR count). The molecule has 0 fully saturated rings. The molecule has 0 saturated heterocycles. The van der Waals surface area contributed by atoms with E-state index >= 15 is 0 Å². The van der Waals surface area contributed by atoms with Gasteiger partial charge < -0.3 is 10.6 Å². The minimum absolute atomic E-state index is 0.136. The molecule has 3 nitrogen and oxygen atoms in total. The van der Waals surface area contributed by atoms with Crippen molar-refractivity contribution < 1.29 is 4.79 Å². The maximum atomic E-state index is 11.2. The van der Waals surface area contributed by atoms with Crippen LogP contribution in [0.4, 0.5) is 0 Å². The van der Waals surface area contributed by atoms with Crippen LogP contribution in [0.2, 0.25) is 0 Å². The highest BCUT2D eigenvalue weighted by molar-refractivity contribution is 5.75. The summed E-state index contributed by atoms with van der Waals surface area (Å²) in [4.78, 5) is 11.2. The van der Waals surface area contributed by atoms with Crippen molar-refractivity contribution in [2.75, 3.05) is 13.1 Å². The number of rotatable bonds is 8. The molecular formula is C11H22N2O. The minimum Gasteiger partial charge on any atom is -0.356 e. The molecule has 0 aromatic carbocycles. The topological polar surface area (TPSA) is 41.1 Å². The van der Waals surface area contributed by atoms with Crippen LogP contribution in [0.15, 0.2) is 12.7 Å². The molecule has 14 heavy (non-hydrogen) atoms. The lowest BCUT2D eigenvalue weighted by molar-refractivity contribution is -0.121. The summed E-state index contributed by atoms with van der Waals surface area (Å²) in [6.07, 6.45) is 4.16. The summed E-state index contributed by atoms with van der Waals surface area (Å²) in [5, 5.41) is 6.11. The first-order valence-corrected chi connectivity index (χ1v) is 5.27. The number of amides is 1. The van der Waals surface area contributed by atoms with Gasteiger partial charge in [-0.25, -0.2) is 0 Å². The van der Waals surface area contributed by atoms with E-state index in [0.29, 0.717) is 19.0 Å². The molecule has 0 aliphatic heterocycles. The van der Waals surface area contributed by atoms with Crippen molar-refractivity contribution in [1.82, 2.24) is 10.6 Å². The molecule has 0 bridgehead atoms. The predicted octanol–water partition coefficient (Wildman–Crippen LogP) is 1.46. The molecule has 0 aromatic heterocycles. The lowest BCUT2D eigenvalue weighted by atomic mass is 10.2. The zero-order valence-corrected chi connectivity index (χ0v) is 9.31. The van der Waals surface area contributed by atoms with Gasteiger partial charge in [0.15, 0.2) is 0 Å². The van der Waals surface area contributed by atoms with E-state index in [9.17, 15) is 4.79 Å². The van der Waals surface area contributed by atoms with E-state index in [4.69, 9.17) is 0 Å². The van der Waals surface area contributed by atoms with Crippen molar-refractivity contribution in [2.24, 2.45) is 0 Å². The number of nitrogens with one attached hydrogen (secondary N) is 2. The molecule has 82 valence electrons. The standard InChI is InChI=1S/C11H22N2O/c1-4-5-8-13-11(14)7-6-9-12-10(2)3/h4,10,12H,1,5-9H2,2-3H3,(H,13,14). The second-order valence-electron chi connectivity index (χ2n) is 3.64. The summed E-state index contributed by atoms with van der Waals surface area (Å²) in [5.41, 5.74) is 0. The first-order valence-electron chi connectivity index (χ1n) is 5.27. The van der Waals surface area contributed by atoms with Crippen LogP contribution in [-0.2, 0) is 4.79 Å². The maximum Gasteiger partial charge on any atom is 0.220 e. The molecule has 0 heterocycles. The summed E-state index contributed by atoms with van der Waals surface area (Å²) in [6.45, 7) is 9.41. The van der Waals surface area contributed by atoms with Crippen LogP contribution in [0.3, 0.4) is 0 Å². The Morgan fingerprint density at radius 1 is 1.43 bits per heavy atom. The van der Waals surface area contributed by atoms with Gasteiger partial charge in [0, 0.05) is 19.0 Å². The average molecular weight is 198 g/mol. The first-order chi connectivity index (χ1) is 6.66. The van der Waals surface area contributed by atoms with E-state index in [1.807, 2.05) is 0 Å². The highest BCUT2D eigenvalue weighted by atomic mass is 16.1. The molecule has 1 amide bonds. The normalized spacial score (nSPS) is 10.2. The van der Waals surface area contributed by atoms with E-state index in [0.717, 1.165) is 19.4 Å². The van der Waals surface area contributed by atoms with Crippen LogP contribution in [0.5, 0.6) is 0 Å². The van der Waals surface area contributed by atoms with Gasteiger partial charge in [0.25, 0.3) is 0 Å². The molecule has 0 aromatic rings. The van der Waals surface area contributed by atoms with Gasteiger partial charge in [-0.2, -0.15) is 0 Å². The molecule has 0 atom stereocenters. The first kappa shape index (κ1) is 13.2. The van der Waals surface area contributed by atoms with Crippen molar-refractivity contribution >= 4 is 5.91 Å². The van der Waals surface area contributed by atoms with Gasteiger partial charge in [-0.1, -0.05) is 19.9 Å². The lowest BCUT2D eigenvalue weighted by Crippen LogP contribution is -2.27. The van der Waals surface area contributed by atoms with Crippen molar-refractivity contribution in [2.45, 2.75) is 39.2 Å². The van der Waals surface area contributed by atoms with Gasteiger partial charge in [-0.15, -0.1) is 6.58 Å². The van der Waals surface area contributed by atoms with Gasteiger partial charge in [-0.3, -0.25) is 4.79 Å². The van der Waals surface area contributed by atoms with E-state index in [1.54, 1.807) is 6.08 Å². The van der Waals surface area contributed by atoms with Crippen molar-refractivity contribution in [3.63, 3.8) is 0 Å². The van der Waals surface area contributed by atoms with E-state index < -0.39 is 0 Å². The van der Waals surface area contributed by atoms with Crippen LogP contribution < -0.4 is 10.6 Å². The van der Waals surface area contributed by atoms with Crippen molar-refractivity contribution in [3.8, 4) is 0 Å². The fourth-order valence-electron chi connectivity index (χ4n) is 1.04. The number of hydrogen-bond donors (Lipinski definition) is 2. The highest BCUT2D eigenvalue weighted by Gasteiger charge is 1.99. The Labute approximate surface area is 87.0 Å². The monoisotopic (exact) mass is 198 g/mol. The quantitative estimate of drug-likeness (QED) is 0.458. The van der Waals surface area contributed by atoms with Crippen LogP contribution in [0.1, 0.15) is 33.1 Å². The molecule has 0 spiro atoms. The second kappa shape index (κ2) is 8.75. The van der Waals surface area contributed by atoms with E-state index in [-0.39, 0.29) is 5.91 Å². The molecule has 0 aliphatic carbocycles. The zero-order valence-electron chi connectivity index (χ0n) is 9.31. The fourth-order valence-corrected chi connectivity index (χ4v) is 1.04. The third-order valence-corrected chi connectivity index (χ3v) is 1.80. The Bertz CT molecular complexity index is 167. The Morgan fingerprint density at radius 3 is 2.71 bits per heavy atom. The summed E-state index contributed by atoms with van der Waals surface area (Å²) < 4.78 is 0. The Kier molecular flexibility index (Phi) is 8.24. The summed E-state index contributed by atoms with van der Waals surface area (Å²) >= 11 is 0. The fraction of sp³-hybridized carbons (Fsp3) is 0.727. The predicted molar refractivity (Wildman–Crippen MR) is 60.2 cm³/mol. The number of hydrogen-bond acceptors (Lipinski definition) is 2. The highest BCUT2D eigenvalue weighted by Crippen LogP contribution is 1.88. The van der Waals surface area contributed by atoms with Crippen molar-refractivity contribution in [3.05, 3.63) is 12.7 Å².